The summed E-state index contributed by atoms with van der Waals surface area (Å²) >= 11 is 0. The van der Waals surface area contributed by atoms with E-state index in [1.807, 2.05) is 0 Å². The Morgan fingerprint density at radius 3 is 1.37 bits per heavy atom. The third-order valence-corrected chi connectivity index (χ3v) is 4.27. The summed E-state index contributed by atoms with van der Waals surface area (Å²) in [5.41, 5.74) is 3.30. The monoisotopic (exact) mass is 518 g/mol. The molecule has 0 radical (unpaired) electrons. The molecule has 3 aromatic rings. The number of benzene rings is 3. The molecule has 4 nitrogen and oxygen atoms in total. The van der Waals surface area contributed by atoms with E-state index in [4.69, 9.17) is 16.2 Å². The molecule has 15 heteroatoms. The first kappa shape index (κ1) is 25.7. The fourth-order valence-electron chi connectivity index (χ4n) is 2.85. The maximum Gasteiger partial charge on any atom is 0.423 e. The smallest absolute Gasteiger partial charge is 0.423 e. The van der Waals surface area contributed by atoms with Gasteiger partial charge in [-0.2, -0.15) is 26.3 Å². The second-order valence-corrected chi connectivity index (χ2v) is 6.75. The normalized spacial score (nSPS) is 12.1. The van der Waals surface area contributed by atoms with Gasteiger partial charge in [-0.1, -0.05) is 0 Å². The molecule has 0 saturated heterocycles. The van der Waals surface area contributed by atoms with Crippen LogP contribution in [0.15, 0.2) is 30.3 Å². The highest BCUT2D eigenvalue weighted by atomic mass is 19.4. The van der Waals surface area contributed by atoms with E-state index in [0.717, 1.165) is 0 Å². The Bertz CT molecular complexity index is 1260. The van der Waals surface area contributed by atoms with Gasteiger partial charge < -0.3 is 20.9 Å². The van der Waals surface area contributed by atoms with Crippen molar-refractivity contribution >= 4 is 11.4 Å². The van der Waals surface area contributed by atoms with E-state index in [1.165, 1.54) is 0 Å². The van der Waals surface area contributed by atoms with Crippen LogP contribution in [0.1, 0.15) is 11.1 Å². The summed E-state index contributed by atoms with van der Waals surface area (Å²) in [6.45, 7) is 0. The Balaban J connectivity index is 2.32. The molecule has 0 spiro atoms. The molecule has 0 aliphatic heterocycles. The fraction of sp³-hybridized carbons (Fsp3) is 0.100. The number of nitrogens with two attached hydrogens (primary N) is 2. The van der Waals surface area contributed by atoms with E-state index in [2.05, 4.69) is 4.74 Å². The zero-order chi connectivity index (χ0) is 26.5. The first-order chi connectivity index (χ1) is 16.0. The van der Waals surface area contributed by atoms with Crippen molar-refractivity contribution in [2.75, 3.05) is 11.5 Å². The van der Waals surface area contributed by atoms with Crippen molar-refractivity contribution in [3.63, 3.8) is 0 Å². The Morgan fingerprint density at radius 1 is 0.543 bits per heavy atom. The van der Waals surface area contributed by atoms with Gasteiger partial charge >= 0.3 is 12.4 Å². The van der Waals surface area contributed by atoms with Gasteiger partial charge in [0.05, 0.1) is 11.4 Å². The number of alkyl halides is 6. The van der Waals surface area contributed by atoms with Crippen molar-refractivity contribution in [3.05, 3.63) is 70.5 Å². The van der Waals surface area contributed by atoms with Crippen LogP contribution >= 0.6 is 0 Å². The maximum atomic E-state index is 14.5. The Hall–Kier alpha value is -3.91. The third-order valence-electron chi connectivity index (χ3n) is 4.27. The zero-order valence-electron chi connectivity index (χ0n) is 16.5. The van der Waals surface area contributed by atoms with Crippen LogP contribution in [-0.4, -0.2) is 0 Å². The van der Waals surface area contributed by atoms with Crippen molar-refractivity contribution in [3.8, 4) is 23.0 Å². The minimum absolute atomic E-state index is 0.0630. The molecule has 0 unspecified atom stereocenters. The van der Waals surface area contributed by atoms with Gasteiger partial charge in [-0.25, -0.2) is 22.0 Å². The minimum atomic E-state index is -5.80. The van der Waals surface area contributed by atoms with E-state index >= 15 is 0 Å². The van der Waals surface area contributed by atoms with Crippen LogP contribution in [0.4, 0.5) is 59.7 Å². The summed E-state index contributed by atoms with van der Waals surface area (Å²) in [4.78, 5) is 0. The van der Waals surface area contributed by atoms with Gasteiger partial charge in [0.25, 0.3) is 0 Å². The SMILES string of the molecule is Nc1cc(Oc2cc(F)c(C(F)(F)F)c(Oc3cc(N)c(F)c(F)c3)c2C(F)(F)F)cc(F)c1F. The molecule has 0 aromatic heterocycles. The molecule has 0 aliphatic rings. The lowest BCUT2D eigenvalue weighted by Crippen LogP contribution is -2.17. The molecule has 4 N–H and O–H groups in total. The summed E-state index contributed by atoms with van der Waals surface area (Å²) in [7, 11) is 0. The molecule has 3 rings (SSSR count). The second kappa shape index (κ2) is 8.70. The third kappa shape index (κ3) is 5.12. The lowest BCUT2D eigenvalue weighted by molar-refractivity contribution is -0.147. The molecule has 188 valence electrons. The van der Waals surface area contributed by atoms with Crippen LogP contribution in [0.25, 0.3) is 0 Å². The Kier molecular flexibility index (Phi) is 6.39. The van der Waals surface area contributed by atoms with E-state index in [9.17, 15) is 48.3 Å². The van der Waals surface area contributed by atoms with Crippen molar-refractivity contribution in [2.24, 2.45) is 0 Å². The molecule has 0 atom stereocenters. The standard InChI is InChI=1S/C20H9F11N2O2/c21-8-5-13(34-6-1-9(22)16(24)11(32)3-6)15(20(29,30)31)18(14(8)19(26,27)28)35-7-2-10(23)17(25)12(33)4-7/h1-5H,32-33H2. The summed E-state index contributed by atoms with van der Waals surface area (Å²) in [5, 5.41) is 0. The summed E-state index contributed by atoms with van der Waals surface area (Å²) in [6.07, 6.45) is -11.6. The first-order valence-corrected chi connectivity index (χ1v) is 8.86. The highest BCUT2D eigenvalue weighted by molar-refractivity contribution is 5.58. The maximum absolute atomic E-state index is 14.5. The lowest BCUT2D eigenvalue weighted by atomic mass is 10.0. The topological polar surface area (TPSA) is 70.5 Å². The molecule has 0 heterocycles. The van der Waals surface area contributed by atoms with E-state index in [-0.39, 0.29) is 18.2 Å². The van der Waals surface area contributed by atoms with Gasteiger partial charge in [0.15, 0.2) is 29.0 Å². The van der Waals surface area contributed by atoms with Crippen molar-refractivity contribution < 1.29 is 57.8 Å². The average Bonchev–Trinajstić information content (AvgIpc) is 2.67. The van der Waals surface area contributed by atoms with Crippen LogP contribution in [0.3, 0.4) is 0 Å². The van der Waals surface area contributed by atoms with Gasteiger partial charge in [0.1, 0.15) is 34.2 Å². The van der Waals surface area contributed by atoms with E-state index in [1.54, 1.807) is 0 Å². The van der Waals surface area contributed by atoms with E-state index in [0.29, 0.717) is 12.1 Å². The van der Waals surface area contributed by atoms with Gasteiger partial charge in [-0.3, -0.25) is 0 Å². The second-order valence-electron chi connectivity index (χ2n) is 6.75. The predicted molar refractivity (Wildman–Crippen MR) is 98.1 cm³/mol. The molecular formula is C20H9F11N2O2. The van der Waals surface area contributed by atoms with Crippen LogP contribution < -0.4 is 20.9 Å². The van der Waals surface area contributed by atoms with Gasteiger partial charge in [-0.15, -0.1) is 0 Å². The number of rotatable bonds is 4. The van der Waals surface area contributed by atoms with Crippen LogP contribution in [-0.2, 0) is 12.4 Å². The summed E-state index contributed by atoms with van der Waals surface area (Å²) < 4.78 is 160. The molecular weight excluding hydrogens is 509 g/mol. The van der Waals surface area contributed by atoms with Gasteiger partial charge in [0.2, 0.25) is 0 Å². The van der Waals surface area contributed by atoms with Crippen LogP contribution in [0.2, 0.25) is 0 Å². The van der Waals surface area contributed by atoms with E-state index < -0.39 is 86.9 Å². The van der Waals surface area contributed by atoms with Crippen molar-refractivity contribution in [1.82, 2.24) is 0 Å². The molecule has 3 aromatic carbocycles. The molecule has 0 amide bonds. The predicted octanol–water partition coefficient (Wildman–Crippen LogP) is 7.17. The van der Waals surface area contributed by atoms with Crippen LogP contribution in [0.5, 0.6) is 23.0 Å². The van der Waals surface area contributed by atoms with Crippen molar-refractivity contribution in [1.29, 1.82) is 0 Å². The zero-order valence-corrected chi connectivity index (χ0v) is 16.5. The van der Waals surface area contributed by atoms with Crippen LogP contribution in [0, 0.1) is 29.1 Å². The van der Waals surface area contributed by atoms with Gasteiger partial charge in [0, 0.05) is 30.3 Å². The number of anilines is 2. The highest BCUT2D eigenvalue weighted by Crippen LogP contribution is 2.52. The molecule has 35 heavy (non-hydrogen) atoms. The number of nitrogen functional groups attached to an aromatic ring is 2. The molecule has 0 aliphatic carbocycles. The Labute approximate surface area is 187 Å². The number of hydrogen-bond donors (Lipinski definition) is 2. The minimum Gasteiger partial charge on any atom is -0.456 e. The number of hydrogen-bond acceptors (Lipinski definition) is 4. The largest absolute Gasteiger partial charge is 0.456 e. The fourth-order valence-corrected chi connectivity index (χ4v) is 2.85. The Morgan fingerprint density at radius 2 is 0.971 bits per heavy atom. The number of halogens is 11. The van der Waals surface area contributed by atoms with Crippen molar-refractivity contribution in [2.45, 2.75) is 12.4 Å². The first-order valence-electron chi connectivity index (χ1n) is 8.86. The van der Waals surface area contributed by atoms with Gasteiger partial charge in [-0.05, 0) is 0 Å². The summed E-state index contributed by atoms with van der Waals surface area (Å²) in [6, 6.07) is 0.756. The number of ether oxygens (including phenoxy) is 2. The average molecular weight is 518 g/mol. The molecule has 0 fully saturated rings. The highest BCUT2D eigenvalue weighted by Gasteiger charge is 2.47. The quantitative estimate of drug-likeness (QED) is 0.284. The molecule has 0 saturated carbocycles. The lowest BCUT2D eigenvalue weighted by Gasteiger charge is -2.22. The molecule has 0 bridgehead atoms. The summed E-state index contributed by atoms with van der Waals surface area (Å²) in [5.74, 6) is -15.2.